The number of fused-ring (bicyclic) bond motifs is 1. The third kappa shape index (κ3) is 4.45. The van der Waals surface area contributed by atoms with E-state index in [-0.39, 0.29) is 0 Å². The molecule has 1 saturated heterocycles. The number of aryl methyl sites for hydroxylation is 1. The van der Waals surface area contributed by atoms with Crippen LogP contribution in [0.15, 0.2) is 53.8 Å². The molecule has 2 aliphatic rings. The molecule has 0 spiro atoms. The molecular weight excluding hydrogens is 404 g/mol. The normalized spacial score (nSPS) is 18.1. The van der Waals surface area contributed by atoms with Gasteiger partial charge in [0.15, 0.2) is 5.82 Å². The highest BCUT2D eigenvalue weighted by Crippen LogP contribution is 2.33. The van der Waals surface area contributed by atoms with Crippen LogP contribution in [0.25, 0.3) is 0 Å². The van der Waals surface area contributed by atoms with E-state index >= 15 is 0 Å². The van der Waals surface area contributed by atoms with Gasteiger partial charge in [0.05, 0.1) is 11.9 Å². The second-order valence-electron chi connectivity index (χ2n) is 8.26. The van der Waals surface area contributed by atoms with Crippen LogP contribution >= 0.6 is 0 Å². The molecule has 0 aliphatic carbocycles. The number of benzene rings is 1. The van der Waals surface area contributed by atoms with Crippen LogP contribution in [0.2, 0.25) is 0 Å². The van der Waals surface area contributed by atoms with Crippen LogP contribution in [0.5, 0.6) is 17.4 Å². The molecule has 0 bridgehead atoms. The molecule has 5 rings (SSSR count). The molecule has 32 heavy (non-hydrogen) atoms. The van der Waals surface area contributed by atoms with Crippen LogP contribution in [0.1, 0.15) is 25.3 Å². The number of likely N-dealkylation sites (tertiary alicyclic amines) is 1. The molecule has 1 atom stereocenters. The Morgan fingerprint density at radius 1 is 1.12 bits per heavy atom. The van der Waals surface area contributed by atoms with Gasteiger partial charge in [-0.15, -0.1) is 0 Å². The third-order valence-corrected chi connectivity index (χ3v) is 5.99. The van der Waals surface area contributed by atoms with Gasteiger partial charge in [-0.1, -0.05) is 0 Å². The summed E-state index contributed by atoms with van der Waals surface area (Å²) < 4.78 is 13.6. The maximum absolute atomic E-state index is 5.97. The van der Waals surface area contributed by atoms with Crippen LogP contribution in [0.3, 0.4) is 0 Å². The fraction of sp³-hybridized carbons (Fsp3) is 0.375. The first-order chi connectivity index (χ1) is 15.7. The Hall–Kier alpha value is -3.39. The molecule has 0 unspecified atom stereocenters. The summed E-state index contributed by atoms with van der Waals surface area (Å²) in [6.07, 6.45) is 8.07. The number of aromatic nitrogens is 3. The van der Waals surface area contributed by atoms with Gasteiger partial charge in [-0.25, -0.2) is 4.98 Å². The Morgan fingerprint density at radius 2 is 2.03 bits per heavy atom. The van der Waals surface area contributed by atoms with E-state index in [0.29, 0.717) is 30.9 Å². The SMILES string of the molecule is C[C@H]1CCCN1CCOc1ccc(Oc2ccc3c(c2)C=NCN3c2ccn(C)n2)nc1. The molecule has 166 valence electrons. The zero-order valence-electron chi connectivity index (χ0n) is 18.5. The van der Waals surface area contributed by atoms with Gasteiger partial charge in [-0.2, -0.15) is 5.10 Å². The van der Waals surface area contributed by atoms with Crippen molar-refractivity contribution in [2.75, 3.05) is 31.3 Å². The minimum absolute atomic E-state index is 0.528. The minimum atomic E-state index is 0.528. The molecule has 0 saturated carbocycles. The van der Waals surface area contributed by atoms with Gasteiger partial charge in [-0.05, 0) is 50.6 Å². The van der Waals surface area contributed by atoms with Gasteiger partial charge in [0, 0.05) is 49.7 Å². The summed E-state index contributed by atoms with van der Waals surface area (Å²) in [7, 11) is 1.91. The standard InChI is InChI=1S/C24H28N6O2/c1-18-4-3-10-29(18)12-13-31-21-6-8-24(26-16-21)32-20-5-7-22-19(14-20)15-25-17-30(22)23-9-11-28(2)27-23/h5-9,11,14-16,18H,3-4,10,12-13,17H2,1-2H3/t18-/m0/s1. The number of ether oxygens (including phenoxy) is 2. The second kappa shape index (κ2) is 9.00. The Labute approximate surface area is 188 Å². The summed E-state index contributed by atoms with van der Waals surface area (Å²) in [6, 6.07) is 12.3. The number of rotatable bonds is 7. The van der Waals surface area contributed by atoms with Gasteiger partial charge in [0.25, 0.3) is 0 Å². The van der Waals surface area contributed by atoms with E-state index in [4.69, 9.17) is 9.47 Å². The van der Waals surface area contributed by atoms with E-state index in [1.54, 1.807) is 10.9 Å². The zero-order valence-corrected chi connectivity index (χ0v) is 18.5. The maximum Gasteiger partial charge on any atom is 0.219 e. The fourth-order valence-corrected chi connectivity index (χ4v) is 4.22. The van der Waals surface area contributed by atoms with E-state index in [9.17, 15) is 0 Å². The van der Waals surface area contributed by atoms with Crippen LogP contribution < -0.4 is 14.4 Å². The average molecular weight is 433 g/mol. The van der Waals surface area contributed by atoms with Crippen molar-refractivity contribution in [3.8, 4) is 17.4 Å². The highest BCUT2D eigenvalue weighted by Gasteiger charge is 2.20. The van der Waals surface area contributed by atoms with Crippen LogP contribution in [-0.2, 0) is 7.05 Å². The molecule has 1 aromatic carbocycles. The fourth-order valence-electron chi connectivity index (χ4n) is 4.22. The highest BCUT2D eigenvalue weighted by atomic mass is 16.5. The van der Waals surface area contributed by atoms with Gasteiger partial charge in [0.2, 0.25) is 5.88 Å². The summed E-state index contributed by atoms with van der Waals surface area (Å²) in [5.41, 5.74) is 2.03. The van der Waals surface area contributed by atoms with E-state index in [1.807, 2.05) is 55.9 Å². The lowest BCUT2D eigenvalue weighted by Gasteiger charge is -2.25. The Kier molecular flexibility index (Phi) is 5.77. The largest absolute Gasteiger partial charge is 0.491 e. The Morgan fingerprint density at radius 3 is 2.78 bits per heavy atom. The first-order valence-corrected chi connectivity index (χ1v) is 11.1. The molecule has 3 aromatic rings. The van der Waals surface area contributed by atoms with Crippen molar-refractivity contribution in [3.63, 3.8) is 0 Å². The lowest BCUT2D eigenvalue weighted by molar-refractivity contribution is 0.204. The highest BCUT2D eigenvalue weighted by molar-refractivity contribution is 5.92. The molecule has 4 heterocycles. The maximum atomic E-state index is 5.97. The lowest BCUT2D eigenvalue weighted by Crippen LogP contribution is -2.31. The quantitative estimate of drug-likeness (QED) is 0.562. The van der Waals surface area contributed by atoms with Crippen molar-refractivity contribution in [1.82, 2.24) is 19.7 Å². The molecule has 0 amide bonds. The first-order valence-electron chi connectivity index (χ1n) is 11.1. The molecule has 8 heteroatoms. The van der Waals surface area contributed by atoms with Crippen molar-refractivity contribution in [1.29, 1.82) is 0 Å². The number of hydrogen-bond acceptors (Lipinski definition) is 7. The number of hydrogen-bond donors (Lipinski definition) is 0. The van der Waals surface area contributed by atoms with Crippen molar-refractivity contribution in [2.45, 2.75) is 25.8 Å². The van der Waals surface area contributed by atoms with E-state index in [1.165, 1.54) is 19.4 Å². The van der Waals surface area contributed by atoms with Crippen molar-refractivity contribution < 1.29 is 9.47 Å². The number of pyridine rings is 1. The minimum Gasteiger partial charge on any atom is -0.491 e. The molecule has 2 aliphatic heterocycles. The molecule has 8 nitrogen and oxygen atoms in total. The van der Waals surface area contributed by atoms with Gasteiger partial charge < -0.3 is 14.4 Å². The van der Waals surface area contributed by atoms with Crippen molar-refractivity contribution in [2.24, 2.45) is 12.0 Å². The topological polar surface area (TPSA) is 68.0 Å². The number of nitrogens with zero attached hydrogens (tertiary/aromatic N) is 6. The smallest absolute Gasteiger partial charge is 0.219 e. The lowest BCUT2D eigenvalue weighted by atomic mass is 10.1. The third-order valence-electron chi connectivity index (χ3n) is 5.99. The molecular formula is C24H28N6O2. The summed E-state index contributed by atoms with van der Waals surface area (Å²) in [5.74, 6) is 2.87. The summed E-state index contributed by atoms with van der Waals surface area (Å²) in [6.45, 7) is 5.61. The summed E-state index contributed by atoms with van der Waals surface area (Å²) in [5, 5.41) is 4.49. The van der Waals surface area contributed by atoms with Crippen molar-refractivity contribution in [3.05, 3.63) is 54.4 Å². The Bertz CT molecular complexity index is 1090. The average Bonchev–Trinajstić information content (AvgIpc) is 3.42. The molecule has 2 aromatic heterocycles. The molecule has 0 radical (unpaired) electrons. The predicted molar refractivity (Wildman–Crippen MR) is 124 cm³/mol. The second-order valence-corrected chi connectivity index (χ2v) is 8.26. The predicted octanol–water partition coefficient (Wildman–Crippen LogP) is 4.00. The van der Waals surface area contributed by atoms with E-state index in [0.717, 1.165) is 29.4 Å². The summed E-state index contributed by atoms with van der Waals surface area (Å²) >= 11 is 0. The van der Waals surface area contributed by atoms with E-state index in [2.05, 4.69) is 31.8 Å². The van der Waals surface area contributed by atoms with Crippen LogP contribution in [0.4, 0.5) is 11.5 Å². The monoisotopic (exact) mass is 432 g/mol. The zero-order chi connectivity index (χ0) is 21.9. The molecule has 1 fully saturated rings. The summed E-state index contributed by atoms with van der Waals surface area (Å²) in [4.78, 5) is 13.4. The van der Waals surface area contributed by atoms with Crippen LogP contribution in [0, 0.1) is 0 Å². The Balaban J connectivity index is 1.20. The number of anilines is 2. The van der Waals surface area contributed by atoms with Crippen LogP contribution in [-0.4, -0.2) is 58.3 Å². The van der Waals surface area contributed by atoms with Gasteiger partial charge >= 0.3 is 0 Å². The van der Waals surface area contributed by atoms with Gasteiger partial charge in [0.1, 0.15) is 24.8 Å². The van der Waals surface area contributed by atoms with E-state index < -0.39 is 0 Å². The van der Waals surface area contributed by atoms with Gasteiger partial charge in [-0.3, -0.25) is 14.6 Å². The first kappa shape index (κ1) is 20.5. The molecule has 0 N–H and O–H groups in total. The van der Waals surface area contributed by atoms with Crippen molar-refractivity contribution >= 4 is 17.7 Å². The number of aliphatic imine (C=N–C) groups is 1.